The zero-order chi connectivity index (χ0) is 10.1. The lowest BCUT2D eigenvalue weighted by molar-refractivity contribution is 0.392. The summed E-state index contributed by atoms with van der Waals surface area (Å²) in [6.45, 7) is 0. The van der Waals surface area contributed by atoms with Crippen LogP contribution in [0.2, 0.25) is 0 Å². The van der Waals surface area contributed by atoms with E-state index >= 15 is 0 Å². The molecule has 3 nitrogen and oxygen atoms in total. The van der Waals surface area contributed by atoms with Crippen molar-refractivity contribution in [2.24, 2.45) is 0 Å². The molecule has 14 heavy (non-hydrogen) atoms. The van der Waals surface area contributed by atoms with E-state index in [1.54, 1.807) is 19.2 Å². The van der Waals surface area contributed by atoms with E-state index in [-0.39, 0.29) is 5.75 Å². The topological polar surface area (TPSA) is 42.6 Å². The van der Waals surface area contributed by atoms with Crippen molar-refractivity contribution >= 4 is 22.7 Å². The van der Waals surface area contributed by atoms with Crippen molar-refractivity contribution in [3.63, 3.8) is 0 Å². The molecule has 0 saturated heterocycles. The largest absolute Gasteiger partial charge is 0.503 e. The molecule has 1 aromatic heterocycles. The molecule has 0 aliphatic carbocycles. The van der Waals surface area contributed by atoms with Crippen LogP contribution in [0.1, 0.15) is 0 Å². The Morgan fingerprint density at radius 1 is 1.43 bits per heavy atom. The normalized spacial score (nSPS) is 10.7. The Kier molecular flexibility index (Phi) is 2.29. The summed E-state index contributed by atoms with van der Waals surface area (Å²) in [7, 11) is 1.58. The third-order valence-electron chi connectivity index (χ3n) is 2.03. The van der Waals surface area contributed by atoms with E-state index in [0.29, 0.717) is 21.8 Å². The van der Waals surface area contributed by atoms with Gasteiger partial charge in [-0.1, -0.05) is 17.8 Å². The lowest BCUT2D eigenvalue weighted by Crippen LogP contribution is -1.81. The minimum Gasteiger partial charge on any atom is -0.503 e. The van der Waals surface area contributed by atoms with E-state index < -0.39 is 0 Å². The summed E-state index contributed by atoms with van der Waals surface area (Å²) in [4.78, 5) is 0. The van der Waals surface area contributed by atoms with Gasteiger partial charge in [-0.25, -0.2) is 0 Å². The highest BCUT2D eigenvalue weighted by Crippen LogP contribution is 2.40. The molecular weight excluding hydrogens is 200 g/mol. The highest BCUT2D eigenvalue weighted by Gasteiger charge is 2.14. The summed E-state index contributed by atoms with van der Waals surface area (Å²) in [6, 6.07) is 5.42. The van der Waals surface area contributed by atoms with Gasteiger partial charge < -0.3 is 14.3 Å². The summed E-state index contributed by atoms with van der Waals surface area (Å²) < 4.78 is 10.6. The molecule has 0 atom stereocenters. The Morgan fingerprint density at radius 2 is 2.21 bits per heavy atom. The Balaban J connectivity index is 2.77. The van der Waals surface area contributed by atoms with E-state index in [2.05, 4.69) is 0 Å². The lowest BCUT2D eigenvalue weighted by Gasteiger charge is -1.97. The number of hydrogen-bond donors (Lipinski definition) is 1. The van der Waals surface area contributed by atoms with Gasteiger partial charge in [-0.15, -0.1) is 0 Å². The molecule has 1 N–H and O–H groups in total. The molecule has 74 valence electrons. The van der Waals surface area contributed by atoms with Gasteiger partial charge >= 0.3 is 0 Å². The summed E-state index contributed by atoms with van der Waals surface area (Å²) in [5.74, 6) is 0.824. The highest BCUT2D eigenvalue weighted by atomic mass is 32.2. The Labute approximate surface area is 85.7 Å². The average Bonchev–Trinajstić information content (AvgIpc) is 2.55. The molecule has 1 heterocycles. The summed E-state index contributed by atoms with van der Waals surface area (Å²) >= 11 is 1.37. The SMILES string of the molecule is COc1cccc2c(O)c(SC)oc12. The van der Waals surface area contributed by atoms with Crippen LogP contribution < -0.4 is 4.74 Å². The fourth-order valence-electron chi connectivity index (χ4n) is 1.36. The summed E-state index contributed by atoms with van der Waals surface area (Å²) in [5, 5.41) is 10.9. The lowest BCUT2D eigenvalue weighted by atomic mass is 10.2. The Hall–Kier alpha value is -1.29. The van der Waals surface area contributed by atoms with Gasteiger partial charge in [0.1, 0.15) is 0 Å². The third-order valence-corrected chi connectivity index (χ3v) is 2.67. The number of ether oxygens (including phenoxy) is 1. The first-order valence-corrected chi connectivity index (χ1v) is 5.33. The number of thioether (sulfide) groups is 1. The van der Waals surface area contributed by atoms with Crippen LogP contribution >= 0.6 is 11.8 Å². The molecule has 0 amide bonds. The van der Waals surface area contributed by atoms with Gasteiger partial charge in [-0.3, -0.25) is 0 Å². The summed E-state index contributed by atoms with van der Waals surface area (Å²) in [5.41, 5.74) is 0.594. The molecule has 1 aromatic carbocycles. The number of benzene rings is 1. The molecule has 2 rings (SSSR count). The van der Waals surface area contributed by atoms with Crippen LogP contribution in [0.15, 0.2) is 27.7 Å². The molecule has 4 heteroatoms. The Bertz CT molecular complexity index is 462. The fraction of sp³-hybridized carbons (Fsp3) is 0.200. The van der Waals surface area contributed by atoms with Crippen molar-refractivity contribution in [2.45, 2.75) is 5.09 Å². The summed E-state index contributed by atoms with van der Waals surface area (Å²) in [6.07, 6.45) is 1.85. The molecule has 0 fully saturated rings. The van der Waals surface area contributed by atoms with Crippen LogP contribution in [-0.4, -0.2) is 18.5 Å². The van der Waals surface area contributed by atoms with Gasteiger partial charge in [-0.05, 0) is 18.4 Å². The average molecular weight is 210 g/mol. The van der Waals surface area contributed by atoms with E-state index in [4.69, 9.17) is 9.15 Å². The molecule has 0 radical (unpaired) electrons. The quantitative estimate of drug-likeness (QED) is 0.774. The first-order valence-electron chi connectivity index (χ1n) is 4.10. The van der Waals surface area contributed by atoms with Crippen molar-refractivity contribution in [1.82, 2.24) is 0 Å². The first-order chi connectivity index (χ1) is 6.77. The van der Waals surface area contributed by atoms with Crippen LogP contribution in [0, 0.1) is 0 Å². The van der Waals surface area contributed by atoms with Gasteiger partial charge in [0.2, 0.25) is 5.09 Å². The van der Waals surface area contributed by atoms with Gasteiger partial charge in [-0.2, -0.15) is 0 Å². The number of rotatable bonds is 2. The highest BCUT2D eigenvalue weighted by molar-refractivity contribution is 7.98. The van der Waals surface area contributed by atoms with Crippen molar-refractivity contribution in [3.8, 4) is 11.5 Å². The molecular formula is C10H10O3S. The van der Waals surface area contributed by atoms with E-state index in [1.807, 2.05) is 12.3 Å². The predicted octanol–water partition coefficient (Wildman–Crippen LogP) is 2.87. The standard InChI is InChI=1S/C10H10O3S/c1-12-7-5-3-4-6-8(11)10(14-2)13-9(6)7/h3-5,11H,1-2H3. The van der Waals surface area contributed by atoms with Crippen molar-refractivity contribution < 1.29 is 14.3 Å². The third kappa shape index (κ3) is 1.23. The van der Waals surface area contributed by atoms with Gasteiger partial charge in [0.25, 0.3) is 0 Å². The van der Waals surface area contributed by atoms with Crippen molar-refractivity contribution in [2.75, 3.05) is 13.4 Å². The number of para-hydroxylation sites is 1. The minimum absolute atomic E-state index is 0.186. The minimum atomic E-state index is 0.186. The van der Waals surface area contributed by atoms with Crippen molar-refractivity contribution in [3.05, 3.63) is 18.2 Å². The monoisotopic (exact) mass is 210 g/mol. The number of fused-ring (bicyclic) bond motifs is 1. The van der Waals surface area contributed by atoms with E-state index in [0.717, 1.165) is 0 Å². The predicted molar refractivity (Wildman–Crippen MR) is 56.2 cm³/mol. The second kappa shape index (κ2) is 3.46. The molecule has 0 unspecified atom stereocenters. The fourth-order valence-corrected chi connectivity index (χ4v) is 1.83. The number of furan rings is 1. The second-order valence-electron chi connectivity index (χ2n) is 2.78. The first kappa shape index (κ1) is 9.27. The molecule has 0 saturated carbocycles. The molecule has 2 aromatic rings. The number of hydrogen-bond acceptors (Lipinski definition) is 4. The van der Waals surface area contributed by atoms with Gasteiger partial charge in [0, 0.05) is 0 Å². The van der Waals surface area contributed by atoms with E-state index in [1.165, 1.54) is 11.8 Å². The molecule has 0 aliphatic heterocycles. The zero-order valence-electron chi connectivity index (χ0n) is 7.90. The van der Waals surface area contributed by atoms with Crippen LogP contribution in [0.3, 0.4) is 0 Å². The number of aromatic hydroxyl groups is 1. The van der Waals surface area contributed by atoms with Crippen LogP contribution in [0.25, 0.3) is 11.0 Å². The Morgan fingerprint density at radius 3 is 2.86 bits per heavy atom. The maximum Gasteiger partial charge on any atom is 0.203 e. The van der Waals surface area contributed by atoms with Gasteiger partial charge in [0.05, 0.1) is 12.5 Å². The van der Waals surface area contributed by atoms with Crippen LogP contribution in [0.5, 0.6) is 11.5 Å². The van der Waals surface area contributed by atoms with Crippen molar-refractivity contribution in [1.29, 1.82) is 0 Å². The maximum absolute atomic E-state index is 9.74. The van der Waals surface area contributed by atoms with Crippen LogP contribution in [0.4, 0.5) is 0 Å². The van der Waals surface area contributed by atoms with Crippen LogP contribution in [-0.2, 0) is 0 Å². The molecule has 0 spiro atoms. The smallest absolute Gasteiger partial charge is 0.203 e. The maximum atomic E-state index is 9.74. The zero-order valence-corrected chi connectivity index (χ0v) is 8.72. The number of methoxy groups -OCH3 is 1. The molecule has 0 bridgehead atoms. The van der Waals surface area contributed by atoms with E-state index in [9.17, 15) is 5.11 Å². The second-order valence-corrected chi connectivity index (χ2v) is 3.56. The molecule has 0 aliphatic rings. The van der Waals surface area contributed by atoms with Gasteiger partial charge in [0.15, 0.2) is 17.1 Å².